The van der Waals surface area contributed by atoms with Crippen molar-refractivity contribution in [2.75, 3.05) is 0 Å². The Hall–Kier alpha value is -1.01. The second-order valence-electron chi connectivity index (χ2n) is 5.94. The molecule has 1 aromatic rings. The molecule has 1 aliphatic carbocycles. The number of aromatic nitrogens is 2. The van der Waals surface area contributed by atoms with Crippen molar-refractivity contribution in [3.63, 3.8) is 0 Å². The second kappa shape index (κ2) is 4.83. The van der Waals surface area contributed by atoms with E-state index in [4.69, 9.17) is 4.74 Å². The monoisotopic (exact) mass is 328 g/mol. The standard InChI is InChI=1S/C13H17BrN2O3/c1-12(2,3)11(17)19-9-4-13(18,5-9)10-15-6-8(14)7-16-10/h6-7,9,18H,4-5H2,1-3H3. The van der Waals surface area contributed by atoms with Crippen molar-refractivity contribution < 1.29 is 14.6 Å². The number of ether oxygens (including phenoxy) is 1. The lowest BCUT2D eigenvalue weighted by molar-refractivity contribution is -0.184. The van der Waals surface area contributed by atoms with Crippen LogP contribution in [0.5, 0.6) is 0 Å². The quantitative estimate of drug-likeness (QED) is 0.842. The van der Waals surface area contributed by atoms with Gasteiger partial charge < -0.3 is 9.84 Å². The Bertz CT molecular complexity index is 476. The first kappa shape index (κ1) is 14.4. The van der Waals surface area contributed by atoms with Crippen molar-refractivity contribution in [1.82, 2.24) is 9.97 Å². The van der Waals surface area contributed by atoms with Crippen molar-refractivity contribution in [2.24, 2.45) is 5.41 Å². The topological polar surface area (TPSA) is 72.3 Å². The number of nitrogens with zero attached hydrogens (tertiary/aromatic N) is 2. The van der Waals surface area contributed by atoms with Gasteiger partial charge in [-0.1, -0.05) is 0 Å². The molecule has 1 aliphatic rings. The van der Waals surface area contributed by atoms with Crippen LogP contribution in [0.4, 0.5) is 0 Å². The molecule has 0 aromatic carbocycles. The van der Waals surface area contributed by atoms with E-state index in [0.717, 1.165) is 4.47 Å². The van der Waals surface area contributed by atoms with Gasteiger partial charge in [-0.25, -0.2) is 9.97 Å². The van der Waals surface area contributed by atoms with E-state index in [1.807, 2.05) is 0 Å². The van der Waals surface area contributed by atoms with Crippen LogP contribution in [0.3, 0.4) is 0 Å². The molecule has 0 bridgehead atoms. The van der Waals surface area contributed by atoms with Crippen molar-refractivity contribution in [2.45, 2.75) is 45.3 Å². The summed E-state index contributed by atoms with van der Waals surface area (Å²) in [6.07, 6.45) is 3.61. The van der Waals surface area contributed by atoms with Crippen molar-refractivity contribution >= 4 is 21.9 Å². The van der Waals surface area contributed by atoms with Crippen molar-refractivity contribution in [3.8, 4) is 0 Å². The molecule has 104 valence electrons. The smallest absolute Gasteiger partial charge is 0.311 e. The van der Waals surface area contributed by atoms with Gasteiger partial charge in [0, 0.05) is 25.2 Å². The van der Waals surface area contributed by atoms with Crippen LogP contribution in [-0.4, -0.2) is 27.1 Å². The predicted octanol–water partition coefficient (Wildman–Crippen LogP) is 2.18. The first-order valence-corrected chi connectivity index (χ1v) is 6.91. The average molecular weight is 329 g/mol. The number of rotatable bonds is 2. The van der Waals surface area contributed by atoms with Gasteiger partial charge in [-0.2, -0.15) is 0 Å². The van der Waals surface area contributed by atoms with Gasteiger partial charge in [-0.15, -0.1) is 0 Å². The fourth-order valence-electron chi connectivity index (χ4n) is 1.84. The normalized spacial score (nSPS) is 26.7. The zero-order valence-electron chi connectivity index (χ0n) is 11.2. The van der Waals surface area contributed by atoms with Gasteiger partial charge in [0.1, 0.15) is 11.7 Å². The average Bonchev–Trinajstić information content (AvgIpc) is 2.26. The first-order chi connectivity index (χ1) is 8.71. The zero-order chi connectivity index (χ0) is 14.3. The second-order valence-corrected chi connectivity index (χ2v) is 6.86. The summed E-state index contributed by atoms with van der Waals surface area (Å²) < 4.78 is 6.09. The third-order valence-electron chi connectivity index (χ3n) is 3.05. The molecule has 1 aromatic heterocycles. The molecule has 0 radical (unpaired) electrons. The third kappa shape index (κ3) is 3.12. The SMILES string of the molecule is CC(C)(C)C(=O)OC1CC(O)(c2ncc(Br)cn2)C1. The lowest BCUT2D eigenvalue weighted by atomic mass is 9.76. The molecule has 0 amide bonds. The molecule has 1 fully saturated rings. The van der Waals surface area contributed by atoms with Crippen LogP contribution in [0.1, 0.15) is 39.4 Å². The summed E-state index contributed by atoms with van der Waals surface area (Å²) >= 11 is 3.24. The van der Waals surface area contributed by atoms with Crippen LogP contribution in [0.15, 0.2) is 16.9 Å². The number of carbonyl (C=O) groups is 1. The fraction of sp³-hybridized carbons (Fsp3) is 0.615. The molecule has 0 atom stereocenters. The Balaban J connectivity index is 1.95. The number of esters is 1. The third-order valence-corrected chi connectivity index (χ3v) is 3.46. The molecule has 6 heteroatoms. The lowest BCUT2D eigenvalue weighted by Crippen LogP contribution is -2.48. The van der Waals surface area contributed by atoms with Gasteiger partial charge in [0.25, 0.3) is 0 Å². The summed E-state index contributed by atoms with van der Waals surface area (Å²) in [6, 6.07) is 0. The summed E-state index contributed by atoms with van der Waals surface area (Å²) in [5.74, 6) is 0.120. The van der Waals surface area contributed by atoms with Crippen LogP contribution < -0.4 is 0 Å². The molecule has 0 saturated heterocycles. The molecular weight excluding hydrogens is 312 g/mol. The highest BCUT2D eigenvalue weighted by molar-refractivity contribution is 9.10. The number of hydrogen-bond donors (Lipinski definition) is 1. The van der Waals surface area contributed by atoms with Crippen LogP contribution >= 0.6 is 15.9 Å². The molecule has 1 saturated carbocycles. The minimum absolute atomic E-state index is 0.253. The molecule has 0 spiro atoms. The summed E-state index contributed by atoms with van der Waals surface area (Å²) in [4.78, 5) is 19.9. The highest BCUT2D eigenvalue weighted by atomic mass is 79.9. The lowest BCUT2D eigenvalue weighted by Gasteiger charge is -2.42. The van der Waals surface area contributed by atoms with Crippen LogP contribution in [0.2, 0.25) is 0 Å². The highest BCUT2D eigenvalue weighted by Crippen LogP contribution is 2.42. The number of halogens is 1. The van der Waals surface area contributed by atoms with E-state index in [2.05, 4.69) is 25.9 Å². The Morgan fingerprint density at radius 1 is 1.42 bits per heavy atom. The Labute approximate surface area is 120 Å². The maximum absolute atomic E-state index is 11.7. The molecule has 5 nitrogen and oxygen atoms in total. The molecule has 1 heterocycles. The Morgan fingerprint density at radius 3 is 2.42 bits per heavy atom. The maximum atomic E-state index is 11.7. The minimum Gasteiger partial charge on any atom is -0.462 e. The van der Waals surface area contributed by atoms with E-state index < -0.39 is 11.0 Å². The molecule has 0 aliphatic heterocycles. The molecule has 19 heavy (non-hydrogen) atoms. The van der Waals surface area contributed by atoms with E-state index in [1.165, 1.54) is 0 Å². The Morgan fingerprint density at radius 2 is 1.95 bits per heavy atom. The maximum Gasteiger partial charge on any atom is 0.311 e. The van der Waals surface area contributed by atoms with Gasteiger partial charge in [0.2, 0.25) is 0 Å². The number of hydrogen-bond acceptors (Lipinski definition) is 5. The van der Waals surface area contributed by atoms with Crippen LogP contribution in [0.25, 0.3) is 0 Å². The predicted molar refractivity (Wildman–Crippen MR) is 72.2 cm³/mol. The molecule has 1 N–H and O–H groups in total. The van der Waals surface area contributed by atoms with E-state index in [9.17, 15) is 9.90 Å². The molecule has 0 unspecified atom stereocenters. The molecular formula is C13H17BrN2O3. The first-order valence-electron chi connectivity index (χ1n) is 6.12. The largest absolute Gasteiger partial charge is 0.462 e. The highest BCUT2D eigenvalue weighted by Gasteiger charge is 2.49. The van der Waals surface area contributed by atoms with Gasteiger partial charge in [-0.3, -0.25) is 4.79 Å². The Kier molecular flexibility index (Phi) is 3.66. The fourth-order valence-corrected chi connectivity index (χ4v) is 2.04. The van der Waals surface area contributed by atoms with E-state index in [0.29, 0.717) is 18.7 Å². The van der Waals surface area contributed by atoms with Crippen molar-refractivity contribution in [1.29, 1.82) is 0 Å². The minimum atomic E-state index is -1.08. The van der Waals surface area contributed by atoms with Crippen LogP contribution in [0, 0.1) is 5.41 Å². The van der Waals surface area contributed by atoms with Crippen LogP contribution in [-0.2, 0) is 15.1 Å². The van der Waals surface area contributed by atoms with Gasteiger partial charge in [0.05, 0.1) is 9.89 Å². The van der Waals surface area contributed by atoms with Gasteiger partial charge in [0.15, 0.2) is 5.82 Å². The zero-order valence-corrected chi connectivity index (χ0v) is 12.8. The van der Waals surface area contributed by atoms with E-state index >= 15 is 0 Å². The van der Waals surface area contributed by atoms with Gasteiger partial charge in [-0.05, 0) is 36.7 Å². The molecule has 2 rings (SSSR count). The van der Waals surface area contributed by atoms with E-state index in [-0.39, 0.29) is 12.1 Å². The van der Waals surface area contributed by atoms with E-state index in [1.54, 1.807) is 33.2 Å². The summed E-state index contributed by atoms with van der Waals surface area (Å²) in [7, 11) is 0. The van der Waals surface area contributed by atoms with Gasteiger partial charge >= 0.3 is 5.97 Å². The summed E-state index contributed by atoms with van der Waals surface area (Å²) in [5, 5.41) is 10.3. The summed E-state index contributed by atoms with van der Waals surface area (Å²) in [6.45, 7) is 5.41. The number of carbonyl (C=O) groups excluding carboxylic acids is 1. The summed E-state index contributed by atoms with van der Waals surface area (Å²) in [5.41, 5.74) is -1.61. The van der Waals surface area contributed by atoms with Crippen molar-refractivity contribution in [3.05, 3.63) is 22.7 Å². The number of aliphatic hydroxyl groups is 1.